The van der Waals surface area contributed by atoms with E-state index in [1.807, 2.05) is 14.0 Å². The molecule has 2 N–H and O–H groups in total. The van der Waals surface area contributed by atoms with Gasteiger partial charge in [0.25, 0.3) is 0 Å². The average molecular weight is 252 g/mol. The van der Waals surface area contributed by atoms with E-state index in [4.69, 9.17) is 4.74 Å². The van der Waals surface area contributed by atoms with Crippen molar-refractivity contribution in [3.8, 4) is 0 Å². The van der Waals surface area contributed by atoms with Gasteiger partial charge in [-0.3, -0.25) is 0 Å². The van der Waals surface area contributed by atoms with Gasteiger partial charge in [0.05, 0.1) is 6.61 Å². The lowest BCUT2D eigenvalue weighted by Crippen LogP contribution is -2.20. The van der Waals surface area contributed by atoms with Crippen molar-refractivity contribution in [3.05, 3.63) is 11.4 Å². The highest BCUT2D eigenvalue weighted by atomic mass is 16.5. The van der Waals surface area contributed by atoms with E-state index in [0.29, 0.717) is 6.61 Å². The van der Waals surface area contributed by atoms with Crippen molar-refractivity contribution in [2.45, 2.75) is 33.1 Å². The monoisotopic (exact) mass is 252 g/mol. The molecule has 0 aromatic carbocycles. The van der Waals surface area contributed by atoms with Gasteiger partial charge in [-0.2, -0.15) is 0 Å². The molecule has 1 heterocycles. The average Bonchev–Trinajstić information content (AvgIpc) is 2.30. The molecule has 0 amide bonds. The third kappa shape index (κ3) is 3.57. The zero-order chi connectivity index (χ0) is 13.8. The highest BCUT2D eigenvalue weighted by molar-refractivity contribution is 5.57. The van der Waals surface area contributed by atoms with E-state index in [2.05, 4.69) is 41.4 Å². The molecule has 0 radical (unpaired) electrons. The molecule has 0 bridgehead atoms. The molecule has 0 atom stereocenters. The standard InChI is InChI=1S/C13H24N4O/c1-9-10(14-5)16-12(13(2,3)4)17-11(9)15-7-8-18-6/h7-8H2,1-6H3,(H2,14,15,16,17). The van der Waals surface area contributed by atoms with E-state index in [-0.39, 0.29) is 5.41 Å². The maximum atomic E-state index is 5.04. The second-order valence-corrected chi connectivity index (χ2v) is 5.29. The van der Waals surface area contributed by atoms with E-state index in [1.165, 1.54) is 0 Å². The minimum Gasteiger partial charge on any atom is -0.383 e. The first-order valence-corrected chi connectivity index (χ1v) is 6.19. The number of nitrogens with zero attached hydrogens (tertiary/aromatic N) is 2. The third-order valence-corrected chi connectivity index (χ3v) is 2.65. The molecule has 0 aliphatic heterocycles. The van der Waals surface area contributed by atoms with Gasteiger partial charge in [0.2, 0.25) is 0 Å². The van der Waals surface area contributed by atoms with Gasteiger partial charge in [0, 0.05) is 31.7 Å². The van der Waals surface area contributed by atoms with Crippen molar-refractivity contribution < 1.29 is 4.74 Å². The van der Waals surface area contributed by atoms with Crippen molar-refractivity contribution in [2.24, 2.45) is 0 Å². The lowest BCUT2D eigenvalue weighted by atomic mass is 9.95. The van der Waals surface area contributed by atoms with Crippen molar-refractivity contribution >= 4 is 11.6 Å². The van der Waals surface area contributed by atoms with Crippen LogP contribution in [-0.4, -0.2) is 37.3 Å². The quantitative estimate of drug-likeness (QED) is 0.787. The summed E-state index contributed by atoms with van der Waals surface area (Å²) in [4.78, 5) is 9.16. The molecule has 5 heteroatoms. The summed E-state index contributed by atoms with van der Waals surface area (Å²) in [6, 6.07) is 0. The smallest absolute Gasteiger partial charge is 0.138 e. The van der Waals surface area contributed by atoms with Crippen molar-refractivity contribution in [2.75, 3.05) is 37.9 Å². The molecule has 1 aromatic rings. The van der Waals surface area contributed by atoms with E-state index in [9.17, 15) is 0 Å². The number of ether oxygens (including phenoxy) is 1. The molecule has 0 saturated heterocycles. The predicted octanol–water partition coefficient (Wildman–Crippen LogP) is 2.18. The molecule has 0 spiro atoms. The van der Waals surface area contributed by atoms with Crippen molar-refractivity contribution in [1.82, 2.24) is 9.97 Å². The Hall–Kier alpha value is -1.36. The largest absolute Gasteiger partial charge is 0.383 e. The first kappa shape index (κ1) is 14.7. The molecule has 1 rings (SSSR count). The third-order valence-electron chi connectivity index (χ3n) is 2.65. The summed E-state index contributed by atoms with van der Waals surface area (Å²) in [5.74, 6) is 2.57. The Morgan fingerprint density at radius 3 is 2.28 bits per heavy atom. The summed E-state index contributed by atoms with van der Waals surface area (Å²) in [5, 5.41) is 6.40. The van der Waals surface area contributed by atoms with Crippen LogP contribution in [0.25, 0.3) is 0 Å². The van der Waals surface area contributed by atoms with Gasteiger partial charge >= 0.3 is 0 Å². The first-order chi connectivity index (χ1) is 8.40. The number of methoxy groups -OCH3 is 1. The van der Waals surface area contributed by atoms with Crippen LogP contribution in [-0.2, 0) is 10.2 Å². The molecule has 18 heavy (non-hydrogen) atoms. The van der Waals surface area contributed by atoms with E-state index in [0.717, 1.165) is 29.6 Å². The zero-order valence-corrected chi connectivity index (χ0v) is 12.2. The Morgan fingerprint density at radius 2 is 1.78 bits per heavy atom. The van der Waals surface area contributed by atoms with Gasteiger partial charge in [-0.1, -0.05) is 20.8 Å². The second-order valence-electron chi connectivity index (χ2n) is 5.29. The molecule has 0 aliphatic rings. The van der Waals surface area contributed by atoms with Crippen molar-refractivity contribution in [1.29, 1.82) is 0 Å². The van der Waals surface area contributed by atoms with E-state index >= 15 is 0 Å². The normalized spacial score (nSPS) is 11.4. The van der Waals surface area contributed by atoms with Crippen LogP contribution in [0.3, 0.4) is 0 Å². The van der Waals surface area contributed by atoms with Crippen LogP contribution in [0, 0.1) is 6.92 Å². The van der Waals surface area contributed by atoms with Gasteiger partial charge in [0.1, 0.15) is 17.5 Å². The van der Waals surface area contributed by atoms with Crippen LogP contribution >= 0.6 is 0 Å². The Balaban J connectivity index is 3.07. The Morgan fingerprint density at radius 1 is 1.17 bits per heavy atom. The van der Waals surface area contributed by atoms with E-state index in [1.54, 1.807) is 7.11 Å². The van der Waals surface area contributed by atoms with Crippen LogP contribution in [0.1, 0.15) is 32.2 Å². The number of hydrogen-bond donors (Lipinski definition) is 2. The molecule has 0 aliphatic carbocycles. The summed E-state index contributed by atoms with van der Waals surface area (Å²) >= 11 is 0. The molecular formula is C13H24N4O. The second kappa shape index (κ2) is 6.00. The maximum Gasteiger partial charge on any atom is 0.138 e. The van der Waals surface area contributed by atoms with E-state index < -0.39 is 0 Å². The zero-order valence-electron chi connectivity index (χ0n) is 12.2. The topological polar surface area (TPSA) is 59.1 Å². The molecule has 0 fully saturated rings. The molecule has 102 valence electrons. The minimum atomic E-state index is -0.0724. The number of nitrogens with one attached hydrogen (secondary N) is 2. The van der Waals surface area contributed by atoms with Crippen LogP contribution < -0.4 is 10.6 Å². The van der Waals surface area contributed by atoms with Gasteiger partial charge < -0.3 is 15.4 Å². The first-order valence-electron chi connectivity index (χ1n) is 6.19. The molecule has 0 unspecified atom stereocenters. The number of aromatic nitrogens is 2. The summed E-state index contributed by atoms with van der Waals surface area (Å²) < 4.78 is 5.04. The number of rotatable bonds is 5. The highest BCUT2D eigenvalue weighted by Gasteiger charge is 2.20. The molecule has 1 aromatic heterocycles. The Labute approximate surface area is 109 Å². The fraction of sp³-hybridized carbons (Fsp3) is 0.692. The summed E-state index contributed by atoms with van der Waals surface area (Å²) in [5.41, 5.74) is 0.957. The maximum absolute atomic E-state index is 5.04. The minimum absolute atomic E-state index is 0.0724. The van der Waals surface area contributed by atoms with Crippen LogP contribution in [0.4, 0.5) is 11.6 Å². The van der Waals surface area contributed by atoms with Gasteiger partial charge in [-0.05, 0) is 6.92 Å². The summed E-state index contributed by atoms with van der Waals surface area (Å²) in [6.45, 7) is 9.72. The van der Waals surface area contributed by atoms with Crippen LogP contribution in [0.2, 0.25) is 0 Å². The number of anilines is 2. The Bertz CT molecular complexity index is 399. The van der Waals surface area contributed by atoms with Crippen molar-refractivity contribution in [3.63, 3.8) is 0 Å². The number of hydrogen-bond acceptors (Lipinski definition) is 5. The lowest BCUT2D eigenvalue weighted by molar-refractivity contribution is 0.210. The highest BCUT2D eigenvalue weighted by Crippen LogP contribution is 2.25. The van der Waals surface area contributed by atoms with Crippen LogP contribution in [0.15, 0.2) is 0 Å². The SMILES string of the molecule is CNc1nc(C(C)(C)C)nc(NCCOC)c1C. The fourth-order valence-electron chi connectivity index (χ4n) is 1.54. The lowest BCUT2D eigenvalue weighted by Gasteiger charge is -2.20. The molecule has 0 saturated carbocycles. The summed E-state index contributed by atoms with van der Waals surface area (Å²) in [7, 11) is 3.56. The molecule has 5 nitrogen and oxygen atoms in total. The van der Waals surface area contributed by atoms with Gasteiger partial charge in [-0.25, -0.2) is 9.97 Å². The molecular weight excluding hydrogens is 228 g/mol. The van der Waals surface area contributed by atoms with Gasteiger partial charge in [-0.15, -0.1) is 0 Å². The fourth-order valence-corrected chi connectivity index (χ4v) is 1.54. The van der Waals surface area contributed by atoms with Gasteiger partial charge in [0.15, 0.2) is 0 Å². The van der Waals surface area contributed by atoms with Crippen LogP contribution in [0.5, 0.6) is 0 Å². The summed E-state index contributed by atoms with van der Waals surface area (Å²) in [6.07, 6.45) is 0. The predicted molar refractivity (Wildman–Crippen MR) is 75.4 cm³/mol. The Kier molecular flexibility index (Phi) is 4.90.